The molecule has 1 saturated heterocycles. The summed E-state index contributed by atoms with van der Waals surface area (Å²) in [6, 6.07) is 19.0. The van der Waals surface area contributed by atoms with E-state index in [1.165, 1.54) is 23.9 Å². The summed E-state index contributed by atoms with van der Waals surface area (Å²) in [5.74, 6) is -0.210. The van der Waals surface area contributed by atoms with Gasteiger partial charge in [-0.1, -0.05) is 24.3 Å². The van der Waals surface area contributed by atoms with Gasteiger partial charge in [0.2, 0.25) is 0 Å². The first-order chi connectivity index (χ1) is 20.2. The minimum absolute atomic E-state index is 0.0114. The fraction of sp³-hybridized carbons (Fsp3) is 0.387. The number of nitrogens with one attached hydrogen (secondary N) is 1. The van der Waals surface area contributed by atoms with Crippen molar-refractivity contribution in [2.75, 3.05) is 11.9 Å². The minimum Gasteiger partial charge on any atom is -0.378 e. The number of rotatable bonds is 6. The third-order valence-electron chi connectivity index (χ3n) is 8.91. The Balaban J connectivity index is 1.39. The number of alkyl halides is 1. The van der Waals surface area contributed by atoms with Gasteiger partial charge in [-0.3, -0.25) is 25.0 Å². The number of piperidine rings is 1. The summed E-state index contributed by atoms with van der Waals surface area (Å²) in [7, 11) is 0. The Morgan fingerprint density at radius 1 is 1.02 bits per heavy atom. The van der Waals surface area contributed by atoms with E-state index in [1.54, 1.807) is 30.3 Å². The summed E-state index contributed by atoms with van der Waals surface area (Å²) in [6.07, 6.45) is 3.74. The molecular formula is C31H31ClN4O5S. The van der Waals surface area contributed by atoms with Crippen molar-refractivity contribution in [2.45, 2.75) is 66.1 Å². The van der Waals surface area contributed by atoms with Crippen molar-refractivity contribution in [1.29, 1.82) is 0 Å². The van der Waals surface area contributed by atoms with Gasteiger partial charge < -0.3 is 10.2 Å². The summed E-state index contributed by atoms with van der Waals surface area (Å²) in [6.45, 7) is 2.83. The molecule has 42 heavy (non-hydrogen) atoms. The van der Waals surface area contributed by atoms with Crippen molar-refractivity contribution in [3.8, 4) is 0 Å². The number of nitro groups is 2. The topological polar surface area (TPSA) is 119 Å². The van der Waals surface area contributed by atoms with Crippen LogP contribution < -0.4 is 5.32 Å². The first-order valence-electron chi connectivity index (χ1n) is 14.2. The van der Waals surface area contributed by atoms with E-state index >= 15 is 0 Å². The fourth-order valence-corrected chi connectivity index (χ4v) is 8.79. The number of fused-ring (bicyclic) bond motifs is 3. The molecule has 6 rings (SSSR count). The van der Waals surface area contributed by atoms with E-state index < -0.39 is 4.92 Å². The zero-order valence-corrected chi connectivity index (χ0v) is 24.6. The molecule has 0 radical (unpaired) electrons. The highest BCUT2D eigenvalue weighted by Crippen LogP contribution is 2.58. The van der Waals surface area contributed by atoms with Gasteiger partial charge in [-0.2, -0.15) is 0 Å². The number of thioether (sulfide) groups is 1. The lowest BCUT2D eigenvalue weighted by Crippen LogP contribution is -2.42. The Labute approximate surface area is 252 Å². The van der Waals surface area contributed by atoms with Crippen molar-refractivity contribution in [1.82, 2.24) is 4.90 Å². The molecule has 9 nitrogen and oxygen atoms in total. The van der Waals surface area contributed by atoms with Crippen LogP contribution in [0.5, 0.6) is 0 Å². The van der Waals surface area contributed by atoms with Crippen LogP contribution in [0.3, 0.4) is 0 Å². The van der Waals surface area contributed by atoms with Crippen LogP contribution in [0.15, 0.2) is 71.6 Å². The number of para-hydroxylation sites is 1. The lowest BCUT2D eigenvalue weighted by atomic mass is 9.76. The fourth-order valence-electron chi connectivity index (χ4n) is 6.85. The van der Waals surface area contributed by atoms with Gasteiger partial charge in [-0.05, 0) is 73.9 Å². The van der Waals surface area contributed by atoms with Gasteiger partial charge in [-0.15, -0.1) is 23.4 Å². The van der Waals surface area contributed by atoms with Crippen LogP contribution in [0.2, 0.25) is 0 Å². The molecule has 0 bridgehead atoms. The second-order valence-corrected chi connectivity index (χ2v) is 13.2. The third kappa shape index (κ3) is 5.22. The first kappa shape index (κ1) is 28.5. The van der Waals surface area contributed by atoms with E-state index in [0.717, 1.165) is 42.6 Å². The molecule has 1 aliphatic carbocycles. The summed E-state index contributed by atoms with van der Waals surface area (Å²) in [5.41, 5.74) is 3.25. The zero-order valence-electron chi connectivity index (χ0n) is 23.0. The van der Waals surface area contributed by atoms with E-state index in [0.29, 0.717) is 16.9 Å². The van der Waals surface area contributed by atoms with E-state index in [9.17, 15) is 25.0 Å². The van der Waals surface area contributed by atoms with Gasteiger partial charge in [0, 0.05) is 53.2 Å². The van der Waals surface area contributed by atoms with Gasteiger partial charge >= 0.3 is 0 Å². The smallest absolute Gasteiger partial charge is 0.282 e. The van der Waals surface area contributed by atoms with Crippen LogP contribution in [0, 0.1) is 26.1 Å². The number of hydrogen-bond acceptors (Lipinski definition) is 7. The number of anilines is 1. The first-order valence-corrected chi connectivity index (χ1v) is 15.5. The monoisotopic (exact) mass is 606 g/mol. The molecule has 1 N–H and O–H groups in total. The highest BCUT2D eigenvalue weighted by molar-refractivity contribution is 8.00. The molecule has 218 valence electrons. The highest BCUT2D eigenvalue weighted by atomic mass is 35.5. The number of carbonyl (C=O) groups is 1. The standard InChI is InChI=1S/C31H31ClN4O5S/c1-18-7-4-5-14-34(18)31(37)20-12-13-24-22(16-20)28-23(30(33-24)19-8-6-9-21(15-19)35(38)39)17-27(29(28)32)42-26-11-3-2-10-25(26)36(40)41/h2-3,6,8-13,15-16,18,23,27-30,33H,4-5,7,14,17H2,1H3. The molecule has 0 spiro atoms. The van der Waals surface area contributed by atoms with Crippen molar-refractivity contribution in [3.05, 3.63) is 104 Å². The predicted molar refractivity (Wildman–Crippen MR) is 163 cm³/mol. The number of benzene rings is 3. The molecule has 2 heterocycles. The number of non-ortho nitro benzene ring substituents is 1. The summed E-state index contributed by atoms with van der Waals surface area (Å²) in [4.78, 5) is 38.6. The summed E-state index contributed by atoms with van der Waals surface area (Å²) < 4.78 is 0. The Morgan fingerprint density at radius 2 is 1.83 bits per heavy atom. The van der Waals surface area contributed by atoms with Crippen molar-refractivity contribution in [3.63, 3.8) is 0 Å². The molecule has 2 aliphatic heterocycles. The van der Waals surface area contributed by atoms with Crippen LogP contribution in [-0.4, -0.2) is 43.9 Å². The van der Waals surface area contributed by atoms with E-state index in [4.69, 9.17) is 11.6 Å². The van der Waals surface area contributed by atoms with Crippen LogP contribution in [0.4, 0.5) is 17.1 Å². The van der Waals surface area contributed by atoms with E-state index in [1.807, 2.05) is 29.2 Å². The van der Waals surface area contributed by atoms with Crippen molar-refractivity contribution in [2.24, 2.45) is 5.92 Å². The highest BCUT2D eigenvalue weighted by Gasteiger charge is 2.50. The van der Waals surface area contributed by atoms with Crippen LogP contribution in [-0.2, 0) is 0 Å². The number of halogens is 1. The molecule has 6 unspecified atom stereocenters. The lowest BCUT2D eigenvalue weighted by Gasteiger charge is -2.39. The third-order valence-corrected chi connectivity index (χ3v) is 11.0. The Morgan fingerprint density at radius 3 is 2.60 bits per heavy atom. The Hall–Kier alpha value is -3.63. The number of amides is 1. The molecule has 11 heteroatoms. The quantitative estimate of drug-likeness (QED) is 0.175. The maximum Gasteiger partial charge on any atom is 0.282 e. The van der Waals surface area contributed by atoms with Crippen molar-refractivity contribution >= 4 is 46.3 Å². The minimum atomic E-state index is -0.399. The van der Waals surface area contributed by atoms with Crippen LogP contribution >= 0.6 is 23.4 Å². The van der Waals surface area contributed by atoms with Gasteiger partial charge in [0.05, 0.1) is 26.2 Å². The second-order valence-electron chi connectivity index (χ2n) is 11.4. The maximum atomic E-state index is 13.6. The average molecular weight is 607 g/mol. The van der Waals surface area contributed by atoms with Crippen LogP contribution in [0.25, 0.3) is 0 Å². The second kappa shape index (κ2) is 11.6. The van der Waals surface area contributed by atoms with Gasteiger partial charge in [0.1, 0.15) is 0 Å². The predicted octanol–water partition coefficient (Wildman–Crippen LogP) is 7.56. The van der Waals surface area contributed by atoms with E-state index in [2.05, 4.69) is 12.2 Å². The Kier molecular flexibility index (Phi) is 7.85. The molecule has 1 amide bonds. The van der Waals surface area contributed by atoms with E-state index in [-0.39, 0.29) is 56.8 Å². The average Bonchev–Trinajstić information content (AvgIpc) is 3.32. The molecule has 1 saturated carbocycles. The van der Waals surface area contributed by atoms with Crippen molar-refractivity contribution < 1.29 is 14.6 Å². The molecular weight excluding hydrogens is 576 g/mol. The lowest BCUT2D eigenvalue weighted by molar-refractivity contribution is -0.387. The number of hydrogen-bond donors (Lipinski definition) is 1. The van der Waals surface area contributed by atoms with Gasteiger partial charge in [-0.25, -0.2) is 0 Å². The molecule has 0 aromatic heterocycles. The number of carbonyl (C=O) groups excluding carboxylic acids is 1. The molecule has 3 aromatic carbocycles. The molecule has 3 aromatic rings. The molecule has 6 atom stereocenters. The SMILES string of the molecule is CC1CCCCN1C(=O)c1ccc2c(c1)C1C(Cl)C(Sc3ccccc3[N+](=O)[O-])CC1C(c1cccc([N+](=O)[O-])c1)N2. The van der Waals surface area contributed by atoms with Gasteiger partial charge in [0.15, 0.2) is 0 Å². The largest absolute Gasteiger partial charge is 0.378 e. The number of nitro benzene ring substituents is 2. The van der Waals surface area contributed by atoms with Crippen LogP contribution in [0.1, 0.15) is 66.1 Å². The van der Waals surface area contributed by atoms with Gasteiger partial charge in [0.25, 0.3) is 17.3 Å². The summed E-state index contributed by atoms with van der Waals surface area (Å²) >= 11 is 8.69. The molecule has 2 fully saturated rings. The molecule has 3 aliphatic rings. The normalized spacial score (nSPS) is 26.6. The Bertz CT molecular complexity index is 1550. The summed E-state index contributed by atoms with van der Waals surface area (Å²) in [5, 5.41) is 26.4. The zero-order chi connectivity index (χ0) is 29.5. The number of likely N-dealkylation sites (tertiary alicyclic amines) is 1. The maximum absolute atomic E-state index is 13.6. The number of nitrogens with zero attached hydrogens (tertiary/aromatic N) is 3.